The van der Waals surface area contributed by atoms with Crippen LogP contribution in [0.2, 0.25) is 5.02 Å². The van der Waals surface area contributed by atoms with Gasteiger partial charge in [-0.3, -0.25) is 9.69 Å². The largest absolute Gasteiger partial charge is 0.497 e. The van der Waals surface area contributed by atoms with Gasteiger partial charge < -0.3 is 15.4 Å². The van der Waals surface area contributed by atoms with Crippen molar-refractivity contribution in [2.75, 3.05) is 33.3 Å². The lowest BCUT2D eigenvalue weighted by Crippen LogP contribution is -2.49. The highest BCUT2D eigenvalue weighted by Gasteiger charge is 2.25. The van der Waals surface area contributed by atoms with E-state index < -0.39 is 0 Å². The van der Waals surface area contributed by atoms with Crippen molar-refractivity contribution in [1.82, 2.24) is 15.5 Å². The smallest absolute Gasteiger partial charge is 0.234 e. The molecule has 3 rings (SSSR count). The van der Waals surface area contributed by atoms with Crippen molar-refractivity contribution < 1.29 is 9.53 Å². The van der Waals surface area contributed by atoms with Crippen LogP contribution in [0.25, 0.3) is 0 Å². The van der Waals surface area contributed by atoms with Gasteiger partial charge in [-0.25, -0.2) is 0 Å². The Labute approximate surface area is 171 Å². The third-order valence-electron chi connectivity index (χ3n) is 4.56. The molecule has 0 saturated carbocycles. The van der Waals surface area contributed by atoms with Gasteiger partial charge >= 0.3 is 0 Å². The Hall–Kier alpha value is -1.79. The number of carbonyl (C=O) groups is 1. The summed E-state index contributed by atoms with van der Waals surface area (Å²) in [6.07, 6.45) is 0. The molecule has 1 atom stereocenters. The molecule has 0 radical (unpaired) electrons. The number of piperazine rings is 1. The molecular formula is C20H25Cl2N3O2. The van der Waals surface area contributed by atoms with Crippen LogP contribution in [0.3, 0.4) is 0 Å². The Morgan fingerprint density at radius 2 is 2.11 bits per heavy atom. The number of halogens is 2. The van der Waals surface area contributed by atoms with Gasteiger partial charge in [-0.15, -0.1) is 12.4 Å². The van der Waals surface area contributed by atoms with Crippen molar-refractivity contribution in [2.24, 2.45) is 0 Å². The lowest BCUT2D eigenvalue weighted by Gasteiger charge is -2.36. The highest BCUT2D eigenvalue weighted by molar-refractivity contribution is 6.30. The van der Waals surface area contributed by atoms with Gasteiger partial charge in [-0.05, 0) is 35.4 Å². The van der Waals surface area contributed by atoms with E-state index in [1.165, 1.54) is 0 Å². The van der Waals surface area contributed by atoms with Crippen LogP contribution in [0.1, 0.15) is 17.2 Å². The topological polar surface area (TPSA) is 53.6 Å². The molecule has 1 heterocycles. The molecule has 27 heavy (non-hydrogen) atoms. The number of amides is 1. The summed E-state index contributed by atoms with van der Waals surface area (Å²) < 4.78 is 5.22. The molecule has 146 valence electrons. The van der Waals surface area contributed by atoms with Gasteiger partial charge in [0, 0.05) is 37.2 Å². The fraction of sp³-hybridized carbons (Fsp3) is 0.350. The molecule has 1 fully saturated rings. The van der Waals surface area contributed by atoms with Crippen LogP contribution in [0.4, 0.5) is 0 Å². The Morgan fingerprint density at radius 3 is 2.89 bits per heavy atom. The van der Waals surface area contributed by atoms with Crippen molar-refractivity contribution in [3.8, 4) is 5.75 Å². The third-order valence-corrected chi connectivity index (χ3v) is 4.79. The minimum Gasteiger partial charge on any atom is -0.497 e. The Bertz CT molecular complexity index is 758. The number of carbonyl (C=O) groups excluding carboxylic acids is 1. The third kappa shape index (κ3) is 6.11. The van der Waals surface area contributed by atoms with Gasteiger partial charge in [-0.1, -0.05) is 35.9 Å². The summed E-state index contributed by atoms with van der Waals surface area (Å²) >= 11 is 6.13. The van der Waals surface area contributed by atoms with E-state index in [0.717, 1.165) is 41.5 Å². The maximum atomic E-state index is 12.5. The first-order valence-corrected chi connectivity index (χ1v) is 9.13. The number of benzene rings is 2. The molecule has 0 aromatic heterocycles. The quantitative estimate of drug-likeness (QED) is 0.769. The maximum absolute atomic E-state index is 12.5. The zero-order valence-corrected chi connectivity index (χ0v) is 16.9. The monoisotopic (exact) mass is 409 g/mol. The molecule has 1 unspecified atom stereocenters. The fourth-order valence-corrected chi connectivity index (χ4v) is 3.40. The lowest BCUT2D eigenvalue weighted by molar-refractivity contribution is -0.123. The molecule has 1 aliphatic heterocycles. The van der Waals surface area contributed by atoms with E-state index in [4.69, 9.17) is 16.3 Å². The van der Waals surface area contributed by atoms with E-state index in [1.807, 2.05) is 42.5 Å². The molecule has 5 nitrogen and oxygen atoms in total. The molecule has 0 spiro atoms. The number of ether oxygens (including phenoxy) is 1. The van der Waals surface area contributed by atoms with Gasteiger partial charge in [-0.2, -0.15) is 0 Å². The predicted octanol–water partition coefficient (Wildman–Crippen LogP) is 3.03. The molecule has 0 bridgehead atoms. The lowest BCUT2D eigenvalue weighted by atomic mass is 10.0. The van der Waals surface area contributed by atoms with E-state index >= 15 is 0 Å². The Morgan fingerprint density at radius 1 is 1.30 bits per heavy atom. The number of methoxy groups -OCH3 is 1. The summed E-state index contributed by atoms with van der Waals surface area (Å²) in [5.41, 5.74) is 2.15. The highest BCUT2D eigenvalue weighted by atomic mass is 35.5. The second kappa shape index (κ2) is 10.5. The minimum absolute atomic E-state index is 0. The molecule has 7 heteroatoms. The molecule has 1 aliphatic rings. The van der Waals surface area contributed by atoms with E-state index in [-0.39, 0.29) is 24.4 Å². The number of nitrogens with zero attached hydrogens (tertiary/aromatic N) is 1. The molecular weight excluding hydrogens is 385 g/mol. The average molecular weight is 410 g/mol. The van der Waals surface area contributed by atoms with Crippen LogP contribution < -0.4 is 15.4 Å². The number of hydrogen-bond donors (Lipinski definition) is 2. The summed E-state index contributed by atoms with van der Waals surface area (Å²) in [5.74, 6) is 0.807. The Balaban J connectivity index is 0.00000261. The molecule has 2 aromatic carbocycles. The highest BCUT2D eigenvalue weighted by Crippen LogP contribution is 2.24. The second-order valence-corrected chi connectivity index (χ2v) is 6.81. The molecule has 1 amide bonds. The normalized spacial score (nSPS) is 17.0. The van der Waals surface area contributed by atoms with Crippen LogP contribution in [-0.4, -0.2) is 44.1 Å². The SMILES string of the molecule is COc1cccc(CNC(=O)CN2CCNCC2c2cccc(Cl)c2)c1.Cl. The number of hydrogen-bond acceptors (Lipinski definition) is 4. The summed E-state index contributed by atoms with van der Waals surface area (Å²) in [4.78, 5) is 14.6. The maximum Gasteiger partial charge on any atom is 0.234 e. The van der Waals surface area contributed by atoms with Gasteiger partial charge in [0.1, 0.15) is 5.75 Å². The van der Waals surface area contributed by atoms with E-state index in [1.54, 1.807) is 7.11 Å². The van der Waals surface area contributed by atoms with Crippen LogP contribution in [-0.2, 0) is 11.3 Å². The summed E-state index contributed by atoms with van der Waals surface area (Å²) in [6, 6.07) is 15.7. The molecule has 0 aliphatic carbocycles. The number of nitrogens with one attached hydrogen (secondary N) is 2. The summed E-state index contributed by atoms with van der Waals surface area (Å²) in [5, 5.41) is 7.11. The Kier molecular flexibility index (Phi) is 8.38. The van der Waals surface area contributed by atoms with Crippen LogP contribution in [0, 0.1) is 0 Å². The van der Waals surface area contributed by atoms with Crippen LogP contribution in [0.15, 0.2) is 48.5 Å². The van der Waals surface area contributed by atoms with Crippen LogP contribution in [0.5, 0.6) is 5.75 Å². The van der Waals surface area contributed by atoms with Crippen molar-refractivity contribution in [1.29, 1.82) is 0 Å². The van der Waals surface area contributed by atoms with Gasteiger partial charge in [0.15, 0.2) is 0 Å². The predicted molar refractivity (Wildman–Crippen MR) is 111 cm³/mol. The first-order valence-electron chi connectivity index (χ1n) is 8.75. The zero-order valence-electron chi connectivity index (χ0n) is 15.3. The van der Waals surface area contributed by atoms with Gasteiger partial charge in [0.2, 0.25) is 5.91 Å². The second-order valence-electron chi connectivity index (χ2n) is 6.37. The van der Waals surface area contributed by atoms with Crippen molar-refractivity contribution in [2.45, 2.75) is 12.6 Å². The summed E-state index contributed by atoms with van der Waals surface area (Å²) in [6.45, 7) is 3.36. The van der Waals surface area contributed by atoms with Crippen molar-refractivity contribution >= 4 is 29.9 Å². The fourth-order valence-electron chi connectivity index (χ4n) is 3.20. The molecule has 2 N–H and O–H groups in total. The first-order chi connectivity index (χ1) is 12.7. The average Bonchev–Trinajstić information content (AvgIpc) is 2.67. The first kappa shape index (κ1) is 21.5. The van der Waals surface area contributed by atoms with Gasteiger partial charge in [0.25, 0.3) is 0 Å². The summed E-state index contributed by atoms with van der Waals surface area (Å²) in [7, 11) is 1.64. The van der Waals surface area contributed by atoms with Crippen molar-refractivity contribution in [3.05, 3.63) is 64.7 Å². The molecule has 1 saturated heterocycles. The van der Waals surface area contributed by atoms with Crippen molar-refractivity contribution in [3.63, 3.8) is 0 Å². The number of rotatable bonds is 6. The molecule has 2 aromatic rings. The van der Waals surface area contributed by atoms with E-state index in [9.17, 15) is 4.79 Å². The van der Waals surface area contributed by atoms with Gasteiger partial charge in [0.05, 0.1) is 13.7 Å². The van der Waals surface area contributed by atoms with E-state index in [2.05, 4.69) is 21.6 Å². The standard InChI is InChI=1S/C20H24ClN3O2.ClH/c1-26-18-7-2-4-15(10-18)12-23-20(25)14-24-9-8-22-13-19(24)16-5-3-6-17(21)11-16;/h2-7,10-11,19,22H,8-9,12-14H2,1H3,(H,23,25);1H. The zero-order chi connectivity index (χ0) is 18.4. The van der Waals surface area contributed by atoms with E-state index in [0.29, 0.717) is 13.1 Å². The minimum atomic E-state index is 0. The van der Waals surface area contributed by atoms with Crippen LogP contribution >= 0.6 is 24.0 Å².